The molecule has 0 saturated carbocycles. The van der Waals surface area contributed by atoms with E-state index in [9.17, 15) is 14.7 Å². The molecule has 0 aliphatic heterocycles. The number of anilines is 1. The van der Waals surface area contributed by atoms with Crippen LogP contribution in [0.25, 0.3) is 0 Å². The highest BCUT2D eigenvalue weighted by atomic mass is 79.9. The van der Waals surface area contributed by atoms with Crippen LogP contribution in [-0.2, 0) is 9.53 Å². The van der Waals surface area contributed by atoms with Crippen LogP contribution in [0.5, 0.6) is 11.5 Å². The monoisotopic (exact) mass is 571 g/mol. The Bertz CT molecular complexity index is 1190. The summed E-state index contributed by atoms with van der Waals surface area (Å²) in [6.45, 7) is 0. The van der Waals surface area contributed by atoms with Gasteiger partial charge in [-0.2, -0.15) is 0 Å². The van der Waals surface area contributed by atoms with Gasteiger partial charge in [0.2, 0.25) is 0 Å². The van der Waals surface area contributed by atoms with Gasteiger partial charge in [-0.05, 0) is 73.7 Å². The maximum Gasteiger partial charge on any atom is 0.412 e. The number of carboxylic acid groups (broad SMARTS) is 1. The first-order chi connectivity index (χ1) is 17.4. The van der Waals surface area contributed by atoms with Crippen molar-refractivity contribution in [3.63, 3.8) is 0 Å². The predicted octanol–water partition coefficient (Wildman–Crippen LogP) is 7.04. The van der Waals surface area contributed by atoms with Gasteiger partial charge in [-0.1, -0.05) is 40.2 Å². The maximum atomic E-state index is 12.9. The number of carbonyl (C=O) groups excluding carboxylic acids is 1. The highest BCUT2D eigenvalue weighted by Crippen LogP contribution is 2.36. The number of phenolic OH excluding ortho intramolecular Hbond substituents is 1. The molecule has 3 aromatic carbocycles. The van der Waals surface area contributed by atoms with Crippen molar-refractivity contribution in [3.05, 3.63) is 95.0 Å². The normalized spacial score (nSPS) is 12.6. The Labute approximate surface area is 222 Å². The topological polar surface area (TPSA) is 105 Å². The van der Waals surface area contributed by atoms with Gasteiger partial charge in [-0.3, -0.25) is 5.32 Å². The molecule has 7 nitrogen and oxygen atoms in total. The molecule has 3 aromatic rings. The molecule has 0 saturated heterocycles. The number of carbonyl (C=O) groups is 2. The van der Waals surface area contributed by atoms with Crippen molar-refractivity contribution in [2.75, 3.05) is 11.6 Å². The molecule has 0 aromatic heterocycles. The molecule has 9 heteroatoms. The van der Waals surface area contributed by atoms with Gasteiger partial charge in [0.1, 0.15) is 17.6 Å². The van der Waals surface area contributed by atoms with Crippen molar-refractivity contribution in [2.24, 2.45) is 0 Å². The summed E-state index contributed by atoms with van der Waals surface area (Å²) in [7, 11) is 0. The van der Waals surface area contributed by atoms with E-state index in [4.69, 9.17) is 14.6 Å². The second-order valence-corrected chi connectivity index (χ2v) is 9.47. The van der Waals surface area contributed by atoms with E-state index in [0.29, 0.717) is 34.3 Å². The van der Waals surface area contributed by atoms with Crippen LogP contribution in [0.15, 0.2) is 94.3 Å². The molecule has 0 bridgehead atoms. The number of hydrogen-bond donors (Lipinski definition) is 3. The SMILES string of the molecule is CSc1ccc(NC(=O)O[C@@H](c2cc(Br)ccc2O)[C@H](CC/C=C/C(=O)O)Oc2ccccc2)cc1. The zero-order valence-corrected chi connectivity index (χ0v) is 21.9. The zero-order chi connectivity index (χ0) is 25.9. The fourth-order valence-corrected chi connectivity index (χ4v) is 4.21. The summed E-state index contributed by atoms with van der Waals surface area (Å²) in [4.78, 5) is 24.9. The first-order valence-electron chi connectivity index (χ1n) is 11.1. The van der Waals surface area contributed by atoms with Gasteiger partial charge in [0, 0.05) is 26.7 Å². The van der Waals surface area contributed by atoms with Gasteiger partial charge in [-0.25, -0.2) is 9.59 Å². The molecule has 3 rings (SSSR count). The third-order valence-electron chi connectivity index (χ3n) is 5.11. The number of para-hydroxylation sites is 1. The van der Waals surface area contributed by atoms with E-state index in [-0.39, 0.29) is 5.75 Å². The molecule has 0 unspecified atom stereocenters. The van der Waals surface area contributed by atoms with Crippen molar-refractivity contribution < 1.29 is 29.3 Å². The summed E-state index contributed by atoms with van der Waals surface area (Å²) < 4.78 is 12.7. The standard InChI is InChI=1S/C27H26BrNO6S/c1-36-21-14-12-19(13-15-21)29-27(33)35-26(22-17-18(28)11-16-23(22)30)24(9-5-6-10-25(31)32)34-20-7-3-2-4-8-20/h2-4,6-8,10-17,24,26,30H,5,9H2,1H3,(H,29,33)(H,31,32)/b10-6+/t24-,26-/m0/s1. The first-order valence-corrected chi connectivity index (χ1v) is 13.1. The van der Waals surface area contributed by atoms with E-state index in [0.717, 1.165) is 11.0 Å². The van der Waals surface area contributed by atoms with Gasteiger partial charge in [-0.15, -0.1) is 11.8 Å². The molecule has 1 amide bonds. The van der Waals surface area contributed by atoms with E-state index in [1.54, 1.807) is 48.2 Å². The van der Waals surface area contributed by atoms with Crippen LogP contribution in [0.1, 0.15) is 24.5 Å². The van der Waals surface area contributed by atoms with E-state index < -0.39 is 24.3 Å². The van der Waals surface area contributed by atoms with E-state index in [2.05, 4.69) is 21.2 Å². The Hall–Kier alpha value is -3.43. The number of phenols is 1. The van der Waals surface area contributed by atoms with Gasteiger partial charge < -0.3 is 19.7 Å². The lowest BCUT2D eigenvalue weighted by atomic mass is 9.99. The minimum absolute atomic E-state index is 0.0666. The molecule has 3 N–H and O–H groups in total. The molecule has 0 spiro atoms. The number of hydrogen-bond acceptors (Lipinski definition) is 6. The second-order valence-electron chi connectivity index (χ2n) is 7.67. The Kier molecular flexibility index (Phi) is 10.3. The lowest BCUT2D eigenvalue weighted by Gasteiger charge is -2.28. The number of thioether (sulfide) groups is 1. The summed E-state index contributed by atoms with van der Waals surface area (Å²) in [5, 5.41) is 22.3. The maximum absolute atomic E-state index is 12.9. The molecule has 0 aliphatic carbocycles. The van der Waals surface area contributed by atoms with Crippen LogP contribution in [0, 0.1) is 0 Å². The zero-order valence-electron chi connectivity index (χ0n) is 19.5. The van der Waals surface area contributed by atoms with Gasteiger partial charge in [0.25, 0.3) is 0 Å². The smallest absolute Gasteiger partial charge is 0.412 e. The van der Waals surface area contributed by atoms with Crippen molar-refractivity contribution >= 4 is 45.4 Å². The molecule has 0 heterocycles. The van der Waals surface area contributed by atoms with Crippen molar-refractivity contribution in [3.8, 4) is 11.5 Å². The highest BCUT2D eigenvalue weighted by molar-refractivity contribution is 9.10. The molecule has 188 valence electrons. The number of rotatable bonds is 11. The molecular formula is C27H26BrNO6S. The summed E-state index contributed by atoms with van der Waals surface area (Å²) in [6.07, 6.45) is 2.71. The average molecular weight is 572 g/mol. The number of carboxylic acids is 1. The molecule has 2 atom stereocenters. The first kappa shape index (κ1) is 27.2. The Morgan fingerprint density at radius 2 is 1.81 bits per heavy atom. The Balaban J connectivity index is 1.91. The second kappa shape index (κ2) is 13.6. The summed E-state index contributed by atoms with van der Waals surface area (Å²) in [5.41, 5.74) is 0.903. The van der Waals surface area contributed by atoms with Gasteiger partial charge in [0.15, 0.2) is 6.10 Å². The third-order valence-corrected chi connectivity index (χ3v) is 6.35. The number of aromatic hydroxyl groups is 1. The summed E-state index contributed by atoms with van der Waals surface area (Å²) in [5.74, 6) is -0.580. The van der Waals surface area contributed by atoms with Crippen LogP contribution >= 0.6 is 27.7 Å². The number of nitrogens with one attached hydrogen (secondary N) is 1. The number of aliphatic carboxylic acids is 1. The summed E-state index contributed by atoms with van der Waals surface area (Å²) in [6, 6.07) is 21.2. The number of halogens is 1. The Morgan fingerprint density at radius 3 is 2.47 bits per heavy atom. The quantitative estimate of drug-likeness (QED) is 0.167. The average Bonchev–Trinajstić information content (AvgIpc) is 2.87. The van der Waals surface area contributed by atoms with E-state index >= 15 is 0 Å². The van der Waals surface area contributed by atoms with E-state index in [1.165, 1.54) is 12.1 Å². The number of amides is 1. The van der Waals surface area contributed by atoms with Crippen molar-refractivity contribution in [1.82, 2.24) is 0 Å². The molecule has 0 radical (unpaired) electrons. The number of allylic oxidation sites excluding steroid dienone is 1. The molecule has 0 aliphatic rings. The summed E-state index contributed by atoms with van der Waals surface area (Å²) >= 11 is 5.00. The van der Waals surface area contributed by atoms with Crippen LogP contribution in [0.3, 0.4) is 0 Å². The highest BCUT2D eigenvalue weighted by Gasteiger charge is 2.31. The molecule has 0 fully saturated rings. The van der Waals surface area contributed by atoms with Crippen LogP contribution in [0.4, 0.5) is 10.5 Å². The molecular weight excluding hydrogens is 546 g/mol. The lowest BCUT2D eigenvalue weighted by Crippen LogP contribution is -2.31. The van der Waals surface area contributed by atoms with E-state index in [1.807, 2.05) is 36.6 Å². The van der Waals surface area contributed by atoms with Gasteiger partial charge in [0.05, 0.1) is 0 Å². The van der Waals surface area contributed by atoms with Crippen LogP contribution < -0.4 is 10.1 Å². The van der Waals surface area contributed by atoms with Crippen LogP contribution in [-0.4, -0.2) is 34.6 Å². The third kappa shape index (κ3) is 8.35. The minimum Gasteiger partial charge on any atom is -0.508 e. The number of ether oxygens (including phenoxy) is 2. The lowest BCUT2D eigenvalue weighted by molar-refractivity contribution is -0.131. The minimum atomic E-state index is -1.06. The predicted molar refractivity (Wildman–Crippen MR) is 144 cm³/mol. The van der Waals surface area contributed by atoms with Crippen molar-refractivity contribution in [2.45, 2.75) is 29.9 Å². The fraction of sp³-hybridized carbons (Fsp3) is 0.185. The fourth-order valence-electron chi connectivity index (χ4n) is 3.42. The van der Waals surface area contributed by atoms with Crippen LogP contribution in [0.2, 0.25) is 0 Å². The molecule has 36 heavy (non-hydrogen) atoms. The number of benzene rings is 3. The largest absolute Gasteiger partial charge is 0.508 e. The van der Waals surface area contributed by atoms with Gasteiger partial charge >= 0.3 is 12.1 Å². The Morgan fingerprint density at radius 1 is 1.08 bits per heavy atom. The van der Waals surface area contributed by atoms with Crippen molar-refractivity contribution in [1.29, 1.82) is 0 Å².